The molecular formula is C6H10CuO. The minimum atomic E-state index is 0. The van der Waals surface area contributed by atoms with Crippen LogP contribution in [0.1, 0.15) is 6.92 Å². The fraction of sp³-hybridized carbons (Fsp3) is 0.333. The first-order chi connectivity index (χ1) is 3.41. The van der Waals surface area contributed by atoms with Gasteiger partial charge in [-0.1, -0.05) is 24.3 Å². The molecule has 1 nitrogen and oxygen atoms in total. The Balaban J connectivity index is 0. The molecule has 0 heterocycles. The van der Waals surface area contributed by atoms with E-state index in [9.17, 15) is 0 Å². The van der Waals surface area contributed by atoms with Crippen LogP contribution in [-0.2, 0) is 17.1 Å². The van der Waals surface area contributed by atoms with E-state index in [1.165, 1.54) is 0 Å². The molecule has 0 saturated carbocycles. The Bertz CT molecular complexity index is 76.6. The Kier molecular flexibility index (Phi) is 13.6. The molecule has 1 N–H and O–H groups in total. The molecule has 0 aromatic carbocycles. The molecule has 0 amide bonds. The largest absolute Gasteiger partial charge is 0.392 e. The van der Waals surface area contributed by atoms with Crippen molar-refractivity contribution in [3.63, 3.8) is 0 Å². The molecule has 0 aliphatic rings. The van der Waals surface area contributed by atoms with Gasteiger partial charge in [-0.15, -0.1) is 0 Å². The van der Waals surface area contributed by atoms with Crippen molar-refractivity contribution in [1.82, 2.24) is 0 Å². The van der Waals surface area contributed by atoms with Gasteiger partial charge in [-0.05, 0) is 6.92 Å². The van der Waals surface area contributed by atoms with Gasteiger partial charge in [-0.3, -0.25) is 0 Å². The van der Waals surface area contributed by atoms with Crippen LogP contribution in [0.15, 0.2) is 24.3 Å². The first-order valence-corrected chi connectivity index (χ1v) is 2.30. The van der Waals surface area contributed by atoms with Crippen molar-refractivity contribution >= 4 is 0 Å². The molecule has 0 aliphatic heterocycles. The number of hydrogen-bond acceptors (Lipinski definition) is 1. The molecular weight excluding hydrogens is 152 g/mol. The summed E-state index contributed by atoms with van der Waals surface area (Å²) in [7, 11) is 0. The summed E-state index contributed by atoms with van der Waals surface area (Å²) in [6.07, 6.45) is 7.27. The minimum absolute atomic E-state index is 0. The Hall–Kier alpha value is -0.0405. The van der Waals surface area contributed by atoms with Crippen molar-refractivity contribution in [3.8, 4) is 0 Å². The molecule has 51 valence electrons. The zero-order chi connectivity index (χ0) is 5.54. The summed E-state index contributed by atoms with van der Waals surface area (Å²) in [4.78, 5) is 0. The normalized spacial score (nSPS) is 10.2. The molecule has 2 heteroatoms. The van der Waals surface area contributed by atoms with Crippen molar-refractivity contribution in [2.45, 2.75) is 6.92 Å². The Morgan fingerprint density at radius 3 is 2.38 bits per heavy atom. The van der Waals surface area contributed by atoms with Crippen LogP contribution >= 0.6 is 0 Å². The standard InChI is InChI=1S/C6H10O.Cu/c1-2-3-4-5-6-7;/h2-5,7H,6H2,1H3;/b3-2+,5-4+;. The van der Waals surface area contributed by atoms with Gasteiger partial charge in [-0.25, -0.2) is 0 Å². The smallest absolute Gasteiger partial charge is 0.0615 e. The van der Waals surface area contributed by atoms with E-state index in [0.29, 0.717) is 0 Å². The number of aliphatic hydroxyl groups is 1. The van der Waals surface area contributed by atoms with Crippen LogP contribution in [0.5, 0.6) is 0 Å². The van der Waals surface area contributed by atoms with E-state index in [1.807, 2.05) is 19.1 Å². The predicted octanol–water partition coefficient (Wildman–Crippen LogP) is 1.11. The second kappa shape index (κ2) is 10.0. The molecule has 0 aromatic rings. The van der Waals surface area contributed by atoms with Gasteiger partial charge < -0.3 is 5.11 Å². The Morgan fingerprint density at radius 1 is 1.38 bits per heavy atom. The Labute approximate surface area is 60.6 Å². The molecule has 0 aliphatic carbocycles. The molecule has 1 radical (unpaired) electrons. The van der Waals surface area contributed by atoms with Crippen molar-refractivity contribution in [1.29, 1.82) is 0 Å². The third-order valence-electron chi connectivity index (χ3n) is 0.545. The van der Waals surface area contributed by atoms with Crippen LogP contribution in [0.2, 0.25) is 0 Å². The van der Waals surface area contributed by atoms with Gasteiger partial charge in [0.25, 0.3) is 0 Å². The summed E-state index contributed by atoms with van der Waals surface area (Å²) >= 11 is 0. The van der Waals surface area contributed by atoms with Crippen LogP contribution in [0.25, 0.3) is 0 Å². The molecule has 0 spiro atoms. The fourth-order valence-electron chi connectivity index (χ4n) is 0.251. The van der Waals surface area contributed by atoms with Crippen LogP contribution in [0, 0.1) is 0 Å². The van der Waals surface area contributed by atoms with Crippen molar-refractivity contribution in [2.75, 3.05) is 6.61 Å². The second-order valence-electron chi connectivity index (χ2n) is 1.14. The van der Waals surface area contributed by atoms with Crippen LogP contribution in [0.3, 0.4) is 0 Å². The first kappa shape index (κ1) is 10.9. The number of aliphatic hydroxyl groups excluding tert-OH is 1. The van der Waals surface area contributed by atoms with Gasteiger partial charge in [0.05, 0.1) is 6.61 Å². The van der Waals surface area contributed by atoms with E-state index in [-0.39, 0.29) is 23.7 Å². The third kappa shape index (κ3) is 9.35. The topological polar surface area (TPSA) is 20.2 Å². The number of allylic oxidation sites excluding steroid dienone is 3. The molecule has 0 saturated heterocycles. The molecule has 0 atom stereocenters. The zero-order valence-corrected chi connectivity index (χ0v) is 5.71. The summed E-state index contributed by atoms with van der Waals surface area (Å²) in [6, 6.07) is 0. The molecule has 0 fully saturated rings. The first-order valence-electron chi connectivity index (χ1n) is 2.30. The monoisotopic (exact) mass is 161 g/mol. The summed E-state index contributed by atoms with van der Waals surface area (Å²) in [5.74, 6) is 0. The van der Waals surface area contributed by atoms with Gasteiger partial charge in [0.2, 0.25) is 0 Å². The van der Waals surface area contributed by atoms with Gasteiger partial charge >= 0.3 is 0 Å². The molecule has 0 bridgehead atoms. The van der Waals surface area contributed by atoms with Gasteiger partial charge in [-0.2, -0.15) is 0 Å². The molecule has 0 unspecified atom stereocenters. The second-order valence-corrected chi connectivity index (χ2v) is 1.14. The Morgan fingerprint density at radius 2 is 2.00 bits per heavy atom. The van der Waals surface area contributed by atoms with Crippen molar-refractivity contribution in [3.05, 3.63) is 24.3 Å². The zero-order valence-electron chi connectivity index (χ0n) is 4.77. The maximum atomic E-state index is 8.17. The van der Waals surface area contributed by atoms with E-state index < -0.39 is 0 Å². The quantitative estimate of drug-likeness (QED) is 0.475. The maximum absolute atomic E-state index is 8.17. The van der Waals surface area contributed by atoms with Crippen LogP contribution in [0.4, 0.5) is 0 Å². The van der Waals surface area contributed by atoms with E-state index in [4.69, 9.17) is 5.11 Å². The van der Waals surface area contributed by atoms with E-state index in [0.717, 1.165) is 0 Å². The van der Waals surface area contributed by atoms with Crippen molar-refractivity contribution < 1.29 is 22.2 Å². The summed E-state index contributed by atoms with van der Waals surface area (Å²) in [5, 5.41) is 8.17. The number of hydrogen-bond donors (Lipinski definition) is 1. The van der Waals surface area contributed by atoms with E-state index >= 15 is 0 Å². The van der Waals surface area contributed by atoms with Gasteiger partial charge in [0, 0.05) is 17.1 Å². The van der Waals surface area contributed by atoms with Crippen LogP contribution < -0.4 is 0 Å². The average molecular weight is 162 g/mol. The summed E-state index contributed by atoms with van der Waals surface area (Å²) < 4.78 is 0. The summed E-state index contributed by atoms with van der Waals surface area (Å²) in [6.45, 7) is 2.06. The summed E-state index contributed by atoms with van der Waals surface area (Å²) in [5.41, 5.74) is 0. The molecule has 0 aromatic heterocycles. The van der Waals surface area contributed by atoms with E-state index in [2.05, 4.69) is 0 Å². The SMILES string of the molecule is C/C=C/C=C/CO.[Cu]. The minimum Gasteiger partial charge on any atom is -0.392 e. The van der Waals surface area contributed by atoms with Gasteiger partial charge in [0.15, 0.2) is 0 Å². The predicted molar refractivity (Wildman–Crippen MR) is 31.0 cm³/mol. The van der Waals surface area contributed by atoms with Crippen LogP contribution in [-0.4, -0.2) is 11.7 Å². The fourth-order valence-corrected chi connectivity index (χ4v) is 0.251. The van der Waals surface area contributed by atoms with Crippen molar-refractivity contribution in [2.24, 2.45) is 0 Å². The molecule has 8 heavy (non-hydrogen) atoms. The van der Waals surface area contributed by atoms with Gasteiger partial charge in [0.1, 0.15) is 0 Å². The number of rotatable bonds is 2. The molecule has 0 rings (SSSR count). The average Bonchev–Trinajstić information content (AvgIpc) is 1.69. The maximum Gasteiger partial charge on any atom is 0.0615 e. The van der Waals surface area contributed by atoms with E-state index in [1.54, 1.807) is 12.2 Å². The third-order valence-corrected chi connectivity index (χ3v) is 0.545.